The van der Waals surface area contributed by atoms with Gasteiger partial charge in [-0.25, -0.2) is 14.8 Å². The predicted octanol–water partition coefficient (Wildman–Crippen LogP) is 3.58. The number of benzene rings is 1. The van der Waals surface area contributed by atoms with Crippen molar-refractivity contribution in [1.82, 2.24) is 9.38 Å². The summed E-state index contributed by atoms with van der Waals surface area (Å²) in [5.41, 5.74) is 2.02. The highest BCUT2D eigenvalue weighted by atomic mass is 19.4. The van der Waals surface area contributed by atoms with E-state index in [0.29, 0.717) is 22.5 Å². The molecule has 0 aliphatic rings. The van der Waals surface area contributed by atoms with Crippen molar-refractivity contribution in [3.8, 4) is 11.3 Å². The number of hydrogen-bond donors (Lipinski definition) is 1. The zero-order valence-electron chi connectivity index (χ0n) is 13.6. The Morgan fingerprint density at radius 2 is 1.92 bits per heavy atom. The van der Waals surface area contributed by atoms with Gasteiger partial charge in [-0.05, 0) is 11.6 Å². The first kappa shape index (κ1) is 17.9. The van der Waals surface area contributed by atoms with Crippen molar-refractivity contribution in [3.63, 3.8) is 0 Å². The molecule has 0 aliphatic carbocycles. The number of halogens is 3. The standard InChI is InChI=1S/C17H14F3N3O3/c1-25-26-10-11-7-8-13-21-15(22-16(24)17(18,19)20)14(23(13)9-11)12-5-3-2-4-6-12/h2-9H,10H2,1H3,(H,22,24). The Balaban J connectivity index is 2.12. The second-order valence-corrected chi connectivity index (χ2v) is 5.32. The summed E-state index contributed by atoms with van der Waals surface area (Å²) in [7, 11) is 1.37. The Hall–Kier alpha value is -2.91. The molecule has 26 heavy (non-hydrogen) atoms. The SMILES string of the molecule is COOCc1ccc2nc(NC(=O)C(F)(F)F)c(-c3ccccc3)n2c1. The molecule has 2 heterocycles. The summed E-state index contributed by atoms with van der Waals surface area (Å²) >= 11 is 0. The first-order chi connectivity index (χ1) is 12.4. The highest BCUT2D eigenvalue weighted by Gasteiger charge is 2.39. The molecule has 2 aromatic heterocycles. The first-order valence-electron chi connectivity index (χ1n) is 7.50. The van der Waals surface area contributed by atoms with Crippen LogP contribution < -0.4 is 5.32 Å². The molecule has 0 spiro atoms. The number of alkyl halides is 3. The molecule has 0 aliphatic heterocycles. The van der Waals surface area contributed by atoms with Crippen LogP contribution in [0.3, 0.4) is 0 Å². The van der Waals surface area contributed by atoms with E-state index in [9.17, 15) is 18.0 Å². The fraction of sp³-hybridized carbons (Fsp3) is 0.176. The lowest BCUT2D eigenvalue weighted by atomic mass is 10.1. The minimum absolute atomic E-state index is 0.142. The van der Waals surface area contributed by atoms with E-state index in [4.69, 9.17) is 4.89 Å². The van der Waals surface area contributed by atoms with Crippen LogP contribution in [0.1, 0.15) is 5.56 Å². The topological polar surface area (TPSA) is 64.9 Å². The number of amides is 1. The smallest absolute Gasteiger partial charge is 0.301 e. The van der Waals surface area contributed by atoms with Crippen molar-refractivity contribution >= 4 is 17.4 Å². The molecule has 0 unspecified atom stereocenters. The molecule has 0 fully saturated rings. The van der Waals surface area contributed by atoms with E-state index in [1.807, 2.05) is 5.32 Å². The maximum Gasteiger partial charge on any atom is 0.471 e. The van der Waals surface area contributed by atoms with Crippen LogP contribution in [0.15, 0.2) is 48.7 Å². The first-order valence-corrected chi connectivity index (χ1v) is 7.50. The third-order valence-corrected chi connectivity index (χ3v) is 3.56. The summed E-state index contributed by atoms with van der Waals surface area (Å²) in [6, 6.07) is 12.0. The van der Waals surface area contributed by atoms with E-state index >= 15 is 0 Å². The number of fused-ring (bicyclic) bond motifs is 1. The average molecular weight is 365 g/mol. The summed E-state index contributed by atoms with van der Waals surface area (Å²) in [4.78, 5) is 24.9. The molecule has 0 saturated carbocycles. The van der Waals surface area contributed by atoms with Gasteiger partial charge in [-0.1, -0.05) is 36.4 Å². The fourth-order valence-corrected chi connectivity index (χ4v) is 2.44. The van der Waals surface area contributed by atoms with E-state index in [2.05, 4.69) is 9.87 Å². The van der Waals surface area contributed by atoms with E-state index < -0.39 is 12.1 Å². The zero-order valence-corrected chi connectivity index (χ0v) is 13.6. The molecule has 6 nitrogen and oxygen atoms in total. The van der Waals surface area contributed by atoms with Gasteiger partial charge < -0.3 is 5.32 Å². The summed E-state index contributed by atoms with van der Waals surface area (Å²) in [6.45, 7) is 0.142. The van der Waals surface area contributed by atoms with Crippen molar-refractivity contribution in [2.75, 3.05) is 12.4 Å². The van der Waals surface area contributed by atoms with Gasteiger partial charge >= 0.3 is 12.1 Å². The number of aromatic nitrogens is 2. The maximum atomic E-state index is 12.7. The summed E-state index contributed by atoms with van der Waals surface area (Å²) in [5, 5.41) is 1.85. The number of nitrogens with zero attached hydrogens (tertiary/aromatic N) is 2. The fourth-order valence-electron chi connectivity index (χ4n) is 2.44. The number of pyridine rings is 1. The Morgan fingerprint density at radius 1 is 1.19 bits per heavy atom. The van der Waals surface area contributed by atoms with E-state index in [1.54, 1.807) is 53.1 Å². The lowest BCUT2D eigenvalue weighted by Gasteiger charge is -2.09. The minimum atomic E-state index is -5.01. The summed E-state index contributed by atoms with van der Waals surface area (Å²) in [5.74, 6) is -2.26. The van der Waals surface area contributed by atoms with Crippen molar-refractivity contribution in [3.05, 3.63) is 54.2 Å². The van der Waals surface area contributed by atoms with Crippen molar-refractivity contribution < 1.29 is 27.7 Å². The van der Waals surface area contributed by atoms with Gasteiger partial charge in [0.1, 0.15) is 12.3 Å². The predicted molar refractivity (Wildman–Crippen MR) is 87.1 cm³/mol. The van der Waals surface area contributed by atoms with Gasteiger partial charge in [-0.3, -0.25) is 9.20 Å². The van der Waals surface area contributed by atoms with Crippen LogP contribution in [0.4, 0.5) is 19.0 Å². The van der Waals surface area contributed by atoms with Gasteiger partial charge in [-0.15, -0.1) is 0 Å². The second-order valence-electron chi connectivity index (χ2n) is 5.32. The third kappa shape index (κ3) is 3.68. The molecule has 1 aromatic carbocycles. The Morgan fingerprint density at radius 3 is 2.58 bits per heavy atom. The monoisotopic (exact) mass is 365 g/mol. The molecule has 1 amide bonds. The second kappa shape index (κ2) is 7.14. The number of carbonyl (C=O) groups is 1. The van der Waals surface area contributed by atoms with Crippen molar-refractivity contribution in [2.45, 2.75) is 12.8 Å². The largest absolute Gasteiger partial charge is 0.471 e. The number of anilines is 1. The summed E-state index contributed by atoms with van der Waals surface area (Å²) < 4.78 is 39.5. The molecule has 0 bridgehead atoms. The van der Waals surface area contributed by atoms with Gasteiger partial charge in [0.2, 0.25) is 0 Å². The quantitative estimate of drug-likeness (QED) is 0.554. The number of rotatable bonds is 5. The van der Waals surface area contributed by atoms with E-state index in [0.717, 1.165) is 0 Å². The number of imidazole rings is 1. The Kier molecular flexibility index (Phi) is 4.92. The minimum Gasteiger partial charge on any atom is -0.301 e. The Labute approximate surface area is 146 Å². The van der Waals surface area contributed by atoms with Crippen LogP contribution in [0.5, 0.6) is 0 Å². The highest BCUT2D eigenvalue weighted by Crippen LogP contribution is 2.30. The third-order valence-electron chi connectivity index (χ3n) is 3.56. The number of carbonyl (C=O) groups excluding carboxylic acids is 1. The lowest BCUT2D eigenvalue weighted by molar-refractivity contribution is -0.282. The lowest BCUT2D eigenvalue weighted by Crippen LogP contribution is -2.30. The molecule has 3 aromatic rings. The highest BCUT2D eigenvalue weighted by molar-refractivity contribution is 5.97. The van der Waals surface area contributed by atoms with Crippen molar-refractivity contribution in [2.24, 2.45) is 0 Å². The number of nitrogens with one attached hydrogen (secondary N) is 1. The van der Waals surface area contributed by atoms with E-state index in [-0.39, 0.29) is 12.4 Å². The molecule has 136 valence electrons. The van der Waals surface area contributed by atoms with Crippen LogP contribution in [-0.4, -0.2) is 28.6 Å². The van der Waals surface area contributed by atoms with Crippen LogP contribution in [0.2, 0.25) is 0 Å². The van der Waals surface area contributed by atoms with Gasteiger partial charge in [0, 0.05) is 11.8 Å². The molecule has 0 atom stereocenters. The Bertz CT molecular complexity index is 923. The normalized spacial score (nSPS) is 11.7. The van der Waals surface area contributed by atoms with Gasteiger partial charge in [0.05, 0.1) is 12.8 Å². The molecule has 1 N–H and O–H groups in total. The van der Waals surface area contributed by atoms with Crippen LogP contribution in [0.25, 0.3) is 16.9 Å². The maximum absolute atomic E-state index is 12.7. The zero-order chi connectivity index (χ0) is 18.7. The molecule has 3 rings (SSSR count). The summed E-state index contributed by atoms with van der Waals surface area (Å²) in [6.07, 6.45) is -3.35. The molecule has 9 heteroatoms. The van der Waals surface area contributed by atoms with Crippen molar-refractivity contribution in [1.29, 1.82) is 0 Å². The molecular formula is C17H14F3N3O3. The van der Waals surface area contributed by atoms with Gasteiger partial charge in [-0.2, -0.15) is 13.2 Å². The van der Waals surface area contributed by atoms with Gasteiger partial charge in [0.15, 0.2) is 5.82 Å². The molecular weight excluding hydrogens is 351 g/mol. The van der Waals surface area contributed by atoms with Crippen LogP contribution in [-0.2, 0) is 21.2 Å². The number of hydrogen-bond acceptors (Lipinski definition) is 4. The van der Waals surface area contributed by atoms with Crippen LogP contribution in [0, 0.1) is 0 Å². The molecule has 0 saturated heterocycles. The van der Waals surface area contributed by atoms with Crippen LogP contribution >= 0.6 is 0 Å². The van der Waals surface area contributed by atoms with Gasteiger partial charge in [0.25, 0.3) is 0 Å². The molecule has 0 radical (unpaired) electrons. The van der Waals surface area contributed by atoms with E-state index in [1.165, 1.54) is 7.11 Å². The average Bonchev–Trinajstić information content (AvgIpc) is 2.97.